The summed E-state index contributed by atoms with van der Waals surface area (Å²) in [6.07, 6.45) is 4.63. The average molecular weight is 298 g/mol. The molecule has 4 atom stereocenters. The van der Waals surface area contributed by atoms with Crippen molar-refractivity contribution in [2.75, 3.05) is 5.32 Å². The summed E-state index contributed by atoms with van der Waals surface area (Å²) in [7, 11) is 0. The van der Waals surface area contributed by atoms with E-state index in [1.807, 2.05) is 36.4 Å². The molecule has 1 fully saturated rings. The highest BCUT2D eigenvalue weighted by molar-refractivity contribution is 5.96. The smallest absolute Gasteiger partial charge is 0.228 e. The Labute approximate surface area is 130 Å². The first-order valence-corrected chi connectivity index (χ1v) is 7.78. The number of anilines is 1. The number of nitrogens with one attached hydrogen (secondary N) is 1. The van der Waals surface area contributed by atoms with Crippen LogP contribution in [0.4, 0.5) is 5.69 Å². The first-order valence-electron chi connectivity index (χ1n) is 7.78. The van der Waals surface area contributed by atoms with Gasteiger partial charge in [0.25, 0.3) is 0 Å². The molecule has 1 amide bonds. The van der Waals surface area contributed by atoms with E-state index in [4.69, 9.17) is 0 Å². The Kier molecular flexibility index (Phi) is 3.77. The van der Waals surface area contributed by atoms with E-state index in [9.17, 15) is 14.7 Å². The summed E-state index contributed by atoms with van der Waals surface area (Å²) in [5.41, 5.74) is 1.82. The van der Waals surface area contributed by atoms with Gasteiger partial charge in [-0.1, -0.05) is 44.2 Å². The van der Waals surface area contributed by atoms with E-state index < -0.39 is 17.8 Å². The van der Waals surface area contributed by atoms with Crippen LogP contribution < -0.4 is 10.4 Å². The van der Waals surface area contributed by atoms with E-state index in [0.717, 1.165) is 17.7 Å². The fourth-order valence-corrected chi connectivity index (χ4v) is 3.83. The van der Waals surface area contributed by atoms with Crippen molar-refractivity contribution in [3.8, 4) is 0 Å². The van der Waals surface area contributed by atoms with Crippen molar-refractivity contribution >= 4 is 17.6 Å². The van der Waals surface area contributed by atoms with Crippen LogP contribution in [0.1, 0.15) is 31.7 Å². The Morgan fingerprint density at radius 3 is 2.41 bits per heavy atom. The zero-order valence-corrected chi connectivity index (χ0v) is 12.8. The number of hydrogen-bond acceptors (Lipinski definition) is 3. The Balaban J connectivity index is 1.83. The van der Waals surface area contributed by atoms with Crippen molar-refractivity contribution in [2.45, 2.75) is 26.2 Å². The van der Waals surface area contributed by atoms with Gasteiger partial charge in [0.05, 0.1) is 5.92 Å². The van der Waals surface area contributed by atoms with Crippen molar-refractivity contribution in [1.29, 1.82) is 0 Å². The van der Waals surface area contributed by atoms with Crippen molar-refractivity contribution in [3.05, 3.63) is 42.0 Å². The molecule has 2 aliphatic rings. The van der Waals surface area contributed by atoms with Crippen molar-refractivity contribution in [2.24, 2.45) is 23.7 Å². The van der Waals surface area contributed by atoms with E-state index >= 15 is 0 Å². The quantitative estimate of drug-likeness (QED) is 0.864. The molecule has 4 heteroatoms. The molecule has 1 aromatic rings. The molecule has 3 rings (SSSR count). The molecule has 4 nitrogen and oxygen atoms in total. The van der Waals surface area contributed by atoms with Gasteiger partial charge in [-0.15, -0.1) is 0 Å². The minimum Gasteiger partial charge on any atom is -0.550 e. The lowest BCUT2D eigenvalue weighted by Gasteiger charge is -2.28. The predicted octanol–water partition coefficient (Wildman–Crippen LogP) is 1.94. The number of carboxylic acids is 1. The highest BCUT2D eigenvalue weighted by atomic mass is 16.4. The second kappa shape index (κ2) is 5.59. The monoisotopic (exact) mass is 298 g/mol. The maximum absolute atomic E-state index is 12.7. The number of amides is 1. The summed E-state index contributed by atoms with van der Waals surface area (Å²) in [5.74, 6) is -2.33. The van der Waals surface area contributed by atoms with Crippen LogP contribution in [0, 0.1) is 23.7 Å². The standard InChI is InChI=1S/C18H21NO3/c1-10(2)13-5-3-4-6-14(13)19-17(20)15-11-7-8-12(9-11)16(15)18(21)22/h3-8,10-12,15-16H,9H2,1-2H3,(H,19,20)(H,21,22)/p-1/t11-,12-,15-,16-/m0/s1. The molecule has 22 heavy (non-hydrogen) atoms. The van der Waals surface area contributed by atoms with Gasteiger partial charge in [0, 0.05) is 17.6 Å². The Bertz CT molecular complexity index is 635. The van der Waals surface area contributed by atoms with Gasteiger partial charge < -0.3 is 15.2 Å². The van der Waals surface area contributed by atoms with Crippen molar-refractivity contribution < 1.29 is 14.7 Å². The molecule has 116 valence electrons. The maximum Gasteiger partial charge on any atom is 0.228 e. The molecule has 0 aromatic heterocycles. The van der Waals surface area contributed by atoms with Gasteiger partial charge in [-0.2, -0.15) is 0 Å². The molecule has 1 N–H and O–H groups in total. The minimum atomic E-state index is -1.12. The zero-order chi connectivity index (χ0) is 15.9. The highest BCUT2D eigenvalue weighted by Gasteiger charge is 2.48. The van der Waals surface area contributed by atoms with E-state index in [0.29, 0.717) is 0 Å². The summed E-state index contributed by atoms with van der Waals surface area (Å²) in [5, 5.41) is 14.3. The van der Waals surface area contributed by atoms with Gasteiger partial charge in [0.2, 0.25) is 5.91 Å². The first kappa shape index (κ1) is 14.8. The number of hydrogen-bond donors (Lipinski definition) is 1. The summed E-state index contributed by atoms with van der Waals surface area (Å²) in [6.45, 7) is 4.13. The summed E-state index contributed by atoms with van der Waals surface area (Å²) < 4.78 is 0. The number of allylic oxidation sites excluding steroid dienone is 2. The van der Waals surface area contributed by atoms with Crippen LogP contribution in [0.2, 0.25) is 0 Å². The van der Waals surface area contributed by atoms with Crippen LogP contribution in [-0.4, -0.2) is 11.9 Å². The molecule has 0 spiro atoms. The van der Waals surface area contributed by atoms with Gasteiger partial charge in [0.15, 0.2) is 0 Å². The number of aliphatic carboxylic acids is 1. The van der Waals surface area contributed by atoms with Crippen LogP contribution >= 0.6 is 0 Å². The third-order valence-corrected chi connectivity index (χ3v) is 4.87. The number of carbonyl (C=O) groups is 2. The first-order chi connectivity index (χ1) is 10.5. The molecule has 2 bridgehead atoms. The number of rotatable bonds is 4. The van der Waals surface area contributed by atoms with E-state index in [2.05, 4.69) is 19.2 Å². The van der Waals surface area contributed by atoms with E-state index in [1.54, 1.807) is 0 Å². The zero-order valence-electron chi connectivity index (χ0n) is 12.8. The molecule has 0 heterocycles. The summed E-state index contributed by atoms with van der Waals surface area (Å²) in [6, 6.07) is 7.66. The molecule has 1 saturated carbocycles. The normalized spacial score (nSPS) is 29.0. The molecular weight excluding hydrogens is 278 g/mol. The molecule has 0 unspecified atom stereocenters. The number of carboxylic acid groups (broad SMARTS) is 1. The fraction of sp³-hybridized carbons (Fsp3) is 0.444. The summed E-state index contributed by atoms with van der Waals surface area (Å²) in [4.78, 5) is 24.1. The predicted molar refractivity (Wildman–Crippen MR) is 81.9 cm³/mol. The van der Waals surface area contributed by atoms with Crippen LogP contribution in [0.3, 0.4) is 0 Å². The number of carbonyl (C=O) groups excluding carboxylic acids is 2. The SMILES string of the molecule is CC(C)c1ccccc1NC(=O)[C@@H]1[C@@H](C(=O)[O-])[C@H]2C=C[C@H]1C2. The van der Waals surface area contributed by atoms with Crippen LogP contribution in [0.25, 0.3) is 0 Å². The topological polar surface area (TPSA) is 69.2 Å². The molecule has 0 saturated heterocycles. The van der Waals surface area contributed by atoms with Crippen molar-refractivity contribution in [3.63, 3.8) is 0 Å². The molecular formula is C18H20NO3-. The lowest BCUT2D eigenvalue weighted by Crippen LogP contribution is -2.43. The number of benzene rings is 1. The van der Waals surface area contributed by atoms with Crippen LogP contribution in [0.5, 0.6) is 0 Å². The van der Waals surface area contributed by atoms with E-state index in [-0.39, 0.29) is 23.7 Å². The second-order valence-corrected chi connectivity index (χ2v) is 6.55. The van der Waals surface area contributed by atoms with E-state index in [1.165, 1.54) is 0 Å². The Morgan fingerprint density at radius 1 is 1.14 bits per heavy atom. The maximum atomic E-state index is 12.7. The molecule has 0 aliphatic heterocycles. The Morgan fingerprint density at radius 2 is 1.77 bits per heavy atom. The van der Waals surface area contributed by atoms with Crippen LogP contribution in [0.15, 0.2) is 36.4 Å². The van der Waals surface area contributed by atoms with Gasteiger partial charge in [-0.3, -0.25) is 4.79 Å². The van der Waals surface area contributed by atoms with Gasteiger partial charge in [-0.05, 0) is 35.8 Å². The van der Waals surface area contributed by atoms with Crippen LogP contribution in [-0.2, 0) is 9.59 Å². The third-order valence-electron chi connectivity index (χ3n) is 4.87. The van der Waals surface area contributed by atoms with Gasteiger partial charge >= 0.3 is 0 Å². The fourth-order valence-electron chi connectivity index (χ4n) is 3.83. The minimum absolute atomic E-state index is 0.0131. The van der Waals surface area contributed by atoms with Crippen molar-refractivity contribution in [1.82, 2.24) is 0 Å². The Hall–Kier alpha value is -2.10. The highest BCUT2D eigenvalue weighted by Crippen LogP contribution is 2.48. The summed E-state index contributed by atoms with van der Waals surface area (Å²) >= 11 is 0. The number of fused-ring (bicyclic) bond motifs is 2. The largest absolute Gasteiger partial charge is 0.550 e. The molecule has 2 aliphatic carbocycles. The lowest BCUT2D eigenvalue weighted by molar-refractivity contribution is -0.313. The second-order valence-electron chi connectivity index (χ2n) is 6.55. The molecule has 1 aromatic carbocycles. The molecule has 0 radical (unpaired) electrons. The van der Waals surface area contributed by atoms with Gasteiger partial charge in [0.1, 0.15) is 0 Å². The lowest BCUT2D eigenvalue weighted by atomic mass is 9.82. The third kappa shape index (κ3) is 2.43. The number of para-hydroxylation sites is 1. The average Bonchev–Trinajstić information content (AvgIpc) is 3.08. The van der Waals surface area contributed by atoms with Gasteiger partial charge in [-0.25, -0.2) is 0 Å².